The maximum Gasteiger partial charge on any atom is 0.258 e. The summed E-state index contributed by atoms with van der Waals surface area (Å²) in [6.45, 7) is 2.62. The summed E-state index contributed by atoms with van der Waals surface area (Å²) in [5.41, 5.74) is 2.55. The molecule has 19 heavy (non-hydrogen) atoms. The lowest BCUT2D eigenvalue weighted by Gasteiger charge is -2.21. The van der Waals surface area contributed by atoms with E-state index in [9.17, 15) is 4.79 Å². The molecule has 0 saturated carbocycles. The molecule has 2 aromatic carbocycles. The fraction of sp³-hybridized carbons (Fsp3) is 0.188. The third-order valence-electron chi connectivity index (χ3n) is 3.03. The number of nitrogens with one attached hydrogen (secondary N) is 1. The number of anilines is 2. The van der Waals surface area contributed by atoms with Crippen molar-refractivity contribution in [3.05, 3.63) is 60.2 Å². The zero-order chi connectivity index (χ0) is 13.7. The summed E-state index contributed by atoms with van der Waals surface area (Å²) < 4.78 is 0. The lowest BCUT2D eigenvalue weighted by molar-refractivity contribution is 0.0988. The molecule has 0 fully saturated rings. The summed E-state index contributed by atoms with van der Waals surface area (Å²) in [4.78, 5) is 14.3. The van der Waals surface area contributed by atoms with Gasteiger partial charge in [-0.15, -0.1) is 0 Å². The number of carbonyl (C=O) groups excluding carboxylic acids is 1. The minimum atomic E-state index is 0.0193. The van der Waals surface area contributed by atoms with E-state index in [1.54, 1.807) is 4.90 Å². The first-order valence-electron chi connectivity index (χ1n) is 6.41. The van der Waals surface area contributed by atoms with Crippen molar-refractivity contribution < 1.29 is 4.79 Å². The quantitative estimate of drug-likeness (QED) is 0.907. The normalized spacial score (nSPS) is 10.0. The molecule has 0 aliphatic carbocycles. The highest BCUT2D eigenvalue weighted by Crippen LogP contribution is 2.18. The number of carbonyl (C=O) groups is 1. The van der Waals surface area contributed by atoms with Gasteiger partial charge >= 0.3 is 0 Å². The zero-order valence-electron chi connectivity index (χ0n) is 11.3. The van der Waals surface area contributed by atoms with Crippen LogP contribution in [-0.2, 0) is 0 Å². The fourth-order valence-corrected chi connectivity index (χ4v) is 2.01. The second-order valence-corrected chi connectivity index (χ2v) is 4.22. The van der Waals surface area contributed by atoms with Crippen molar-refractivity contribution >= 4 is 17.3 Å². The largest absolute Gasteiger partial charge is 0.388 e. The van der Waals surface area contributed by atoms with Gasteiger partial charge in [0.1, 0.15) is 0 Å². The van der Waals surface area contributed by atoms with E-state index in [4.69, 9.17) is 0 Å². The molecule has 0 heterocycles. The van der Waals surface area contributed by atoms with E-state index in [0.29, 0.717) is 12.1 Å². The summed E-state index contributed by atoms with van der Waals surface area (Å²) in [5, 5.41) is 3.05. The molecule has 1 N–H and O–H groups in total. The molecule has 3 heteroatoms. The van der Waals surface area contributed by atoms with Crippen LogP contribution in [0.25, 0.3) is 0 Å². The minimum absolute atomic E-state index is 0.0193. The summed E-state index contributed by atoms with van der Waals surface area (Å²) in [5.74, 6) is 0.0193. The number of benzene rings is 2. The molecule has 1 amide bonds. The Bertz CT molecular complexity index is 552. The van der Waals surface area contributed by atoms with Crippen molar-refractivity contribution in [2.75, 3.05) is 23.8 Å². The molecule has 0 bridgehead atoms. The Morgan fingerprint density at radius 3 is 2.47 bits per heavy atom. The highest BCUT2D eigenvalue weighted by Gasteiger charge is 2.15. The molecular weight excluding hydrogens is 236 g/mol. The van der Waals surface area contributed by atoms with E-state index in [-0.39, 0.29) is 5.91 Å². The van der Waals surface area contributed by atoms with Crippen LogP contribution in [0.4, 0.5) is 11.4 Å². The Morgan fingerprint density at radius 1 is 1.11 bits per heavy atom. The van der Waals surface area contributed by atoms with Gasteiger partial charge in [0, 0.05) is 30.5 Å². The molecular formula is C16H18N2O. The average molecular weight is 254 g/mol. The van der Waals surface area contributed by atoms with Crippen molar-refractivity contribution in [3.8, 4) is 0 Å². The Morgan fingerprint density at radius 2 is 1.84 bits per heavy atom. The maximum absolute atomic E-state index is 12.5. The molecule has 0 saturated heterocycles. The van der Waals surface area contributed by atoms with E-state index < -0.39 is 0 Å². The number of nitrogens with zero attached hydrogens (tertiary/aromatic N) is 1. The van der Waals surface area contributed by atoms with E-state index in [1.165, 1.54) is 0 Å². The number of amides is 1. The molecule has 0 aliphatic rings. The topological polar surface area (TPSA) is 32.3 Å². The number of rotatable bonds is 4. The smallest absolute Gasteiger partial charge is 0.258 e. The average Bonchev–Trinajstić information content (AvgIpc) is 2.49. The molecule has 2 aromatic rings. The molecule has 0 unspecified atom stereocenters. The Labute approximate surface area is 113 Å². The van der Waals surface area contributed by atoms with E-state index in [0.717, 1.165) is 11.4 Å². The predicted molar refractivity (Wildman–Crippen MR) is 79.8 cm³/mol. The summed E-state index contributed by atoms with van der Waals surface area (Å²) in [7, 11) is 1.85. The van der Waals surface area contributed by atoms with Crippen LogP contribution < -0.4 is 10.2 Å². The molecule has 0 radical (unpaired) electrons. The Hall–Kier alpha value is -2.29. The van der Waals surface area contributed by atoms with Crippen LogP contribution in [0.15, 0.2) is 54.6 Å². The van der Waals surface area contributed by atoms with Crippen LogP contribution in [-0.4, -0.2) is 19.5 Å². The van der Waals surface area contributed by atoms with Gasteiger partial charge in [0.25, 0.3) is 5.91 Å². The highest BCUT2D eigenvalue weighted by molar-refractivity contribution is 6.06. The van der Waals surface area contributed by atoms with Crippen molar-refractivity contribution in [2.24, 2.45) is 0 Å². The van der Waals surface area contributed by atoms with E-state index in [2.05, 4.69) is 5.32 Å². The SMILES string of the molecule is CCN(C(=O)c1cccc(NC)c1)c1ccccc1. The highest BCUT2D eigenvalue weighted by atomic mass is 16.2. The fourth-order valence-electron chi connectivity index (χ4n) is 2.01. The van der Waals surface area contributed by atoms with Crippen LogP contribution in [0.1, 0.15) is 17.3 Å². The zero-order valence-corrected chi connectivity index (χ0v) is 11.3. The standard InChI is InChI=1S/C16H18N2O/c1-3-18(15-10-5-4-6-11-15)16(19)13-8-7-9-14(12-13)17-2/h4-12,17H,3H2,1-2H3. The van der Waals surface area contributed by atoms with Crippen molar-refractivity contribution in [2.45, 2.75) is 6.92 Å². The second-order valence-electron chi connectivity index (χ2n) is 4.22. The molecule has 0 aliphatic heterocycles. The van der Waals surface area contributed by atoms with Gasteiger partial charge in [-0.25, -0.2) is 0 Å². The van der Waals surface area contributed by atoms with Crippen molar-refractivity contribution in [1.29, 1.82) is 0 Å². The third kappa shape index (κ3) is 2.94. The first-order chi connectivity index (χ1) is 9.26. The molecule has 2 rings (SSSR count). The Balaban J connectivity index is 2.30. The van der Waals surface area contributed by atoms with Gasteiger partial charge in [0.2, 0.25) is 0 Å². The first-order valence-corrected chi connectivity index (χ1v) is 6.41. The van der Waals surface area contributed by atoms with Gasteiger partial charge in [0.15, 0.2) is 0 Å². The first kappa shape index (κ1) is 13.1. The van der Waals surface area contributed by atoms with E-state index >= 15 is 0 Å². The number of hydrogen-bond donors (Lipinski definition) is 1. The molecule has 0 atom stereocenters. The van der Waals surface area contributed by atoms with Gasteiger partial charge in [-0.1, -0.05) is 24.3 Å². The molecule has 0 aromatic heterocycles. The van der Waals surface area contributed by atoms with Crippen molar-refractivity contribution in [3.63, 3.8) is 0 Å². The number of hydrogen-bond acceptors (Lipinski definition) is 2. The molecule has 0 spiro atoms. The molecule has 98 valence electrons. The van der Waals surface area contributed by atoms with Gasteiger partial charge in [0.05, 0.1) is 0 Å². The van der Waals surface area contributed by atoms with E-state index in [1.807, 2.05) is 68.6 Å². The van der Waals surface area contributed by atoms with Crippen molar-refractivity contribution in [1.82, 2.24) is 0 Å². The molecule has 3 nitrogen and oxygen atoms in total. The van der Waals surface area contributed by atoms with Crippen LogP contribution in [0.2, 0.25) is 0 Å². The van der Waals surface area contributed by atoms with Gasteiger partial charge in [-0.2, -0.15) is 0 Å². The van der Waals surface area contributed by atoms with Gasteiger partial charge in [-0.05, 0) is 37.3 Å². The maximum atomic E-state index is 12.5. The van der Waals surface area contributed by atoms with Crippen LogP contribution in [0, 0.1) is 0 Å². The lowest BCUT2D eigenvalue weighted by atomic mass is 10.1. The van der Waals surface area contributed by atoms with Gasteiger partial charge < -0.3 is 10.2 Å². The third-order valence-corrected chi connectivity index (χ3v) is 3.03. The monoisotopic (exact) mass is 254 g/mol. The van der Waals surface area contributed by atoms with Gasteiger partial charge in [-0.3, -0.25) is 4.79 Å². The summed E-state index contributed by atoms with van der Waals surface area (Å²) in [6, 6.07) is 17.3. The second kappa shape index (κ2) is 6.05. The lowest BCUT2D eigenvalue weighted by Crippen LogP contribution is -2.30. The van der Waals surface area contributed by atoms with Crippen LogP contribution >= 0.6 is 0 Å². The Kier molecular flexibility index (Phi) is 4.18. The number of para-hydroxylation sites is 1. The van der Waals surface area contributed by atoms with Crippen LogP contribution in [0.3, 0.4) is 0 Å². The summed E-state index contributed by atoms with van der Waals surface area (Å²) in [6.07, 6.45) is 0. The van der Waals surface area contributed by atoms with Crippen LogP contribution in [0.5, 0.6) is 0 Å². The minimum Gasteiger partial charge on any atom is -0.388 e. The predicted octanol–water partition coefficient (Wildman–Crippen LogP) is 3.40. The summed E-state index contributed by atoms with van der Waals surface area (Å²) >= 11 is 0.